The van der Waals surface area contributed by atoms with E-state index in [4.69, 9.17) is 0 Å². The second-order valence-corrected chi connectivity index (χ2v) is 6.87. The van der Waals surface area contributed by atoms with E-state index in [1.807, 2.05) is 51.3 Å². The highest BCUT2D eigenvalue weighted by molar-refractivity contribution is 5.92. The summed E-state index contributed by atoms with van der Waals surface area (Å²) in [6, 6.07) is 8.81. The minimum Gasteiger partial charge on any atom is -0.341 e. The molecular formula is C19H33N5O2. The van der Waals surface area contributed by atoms with Crippen LogP contribution >= 0.6 is 0 Å². The van der Waals surface area contributed by atoms with E-state index in [2.05, 4.69) is 20.4 Å². The zero-order valence-electron chi connectivity index (χ0n) is 16.5. The molecule has 0 radical (unpaired) electrons. The lowest BCUT2D eigenvalue weighted by Gasteiger charge is -2.24. The summed E-state index contributed by atoms with van der Waals surface area (Å²) >= 11 is 0. The summed E-state index contributed by atoms with van der Waals surface area (Å²) in [6.07, 6.45) is 1.83. The fourth-order valence-electron chi connectivity index (χ4n) is 2.48. The molecule has 1 aromatic rings. The van der Waals surface area contributed by atoms with Crippen LogP contribution < -0.4 is 10.6 Å². The molecule has 3 amide bonds. The van der Waals surface area contributed by atoms with Gasteiger partial charge in [-0.25, -0.2) is 4.79 Å². The van der Waals surface area contributed by atoms with E-state index in [1.54, 1.807) is 12.1 Å². The first-order valence-electron chi connectivity index (χ1n) is 9.05. The molecule has 0 aliphatic rings. The fourth-order valence-corrected chi connectivity index (χ4v) is 2.48. The van der Waals surface area contributed by atoms with Crippen LogP contribution in [0.5, 0.6) is 0 Å². The van der Waals surface area contributed by atoms with Gasteiger partial charge < -0.3 is 25.3 Å². The maximum atomic E-state index is 12.5. The number of amides is 3. The van der Waals surface area contributed by atoms with Crippen LogP contribution in [0.25, 0.3) is 0 Å². The van der Waals surface area contributed by atoms with Crippen LogP contribution in [0.3, 0.4) is 0 Å². The molecule has 1 aromatic carbocycles. The SMILES string of the molecule is CN(C)CCCN(CCCN(C)C)C(=O)CNC(=O)Nc1ccccc1. The van der Waals surface area contributed by atoms with Crippen LogP contribution in [0.15, 0.2) is 30.3 Å². The van der Waals surface area contributed by atoms with Gasteiger partial charge in [-0.1, -0.05) is 18.2 Å². The summed E-state index contributed by atoms with van der Waals surface area (Å²) in [4.78, 5) is 30.5. The largest absolute Gasteiger partial charge is 0.341 e. The van der Waals surface area contributed by atoms with Crippen LogP contribution in [-0.4, -0.2) is 87.6 Å². The third-order valence-electron chi connectivity index (χ3n) is 3.85. The fraction of sp³-hybridized carbons (Fsp3) is 0.579. The van der Waals surface area contributed by atoms with Crippen molar-refractivity contribution in [1.29, 1.82) is 0 Å². The number of carbonyl (C=O) groups excluding carboxylic acids is 2. The summed E-state index contributed by atoms with van der Waals surface area (Å²) in [7, 11) is 8.09. The molecule has 0 atom stereocenters. The number of nitrogens with one attached hydrogen (secondary N) is 2. The molecule has 0 heterocycles. The maximum Gasteiger partial charge on any atom is 0.319 e. The predicted molar refractivity (Wildman–Crippen MR) is 106 cm³/mol. The second kappa shape index (κ2) is 12.3. The van der Waals surface area contributed by atoms with Crippen LogP contribution in [-0.2, 0) is 4.79 Å². The highest BCUT2D eigenvalue weighted by atomic mass is 16.2. The van der Waals surface area contributed by atoms with Crippen molar-refractivity contribution in [1.82, 2.24) is 20.0 Å². The molecule has 26 heavy (non-hydrogen) atoms. The summed E-state index contributed by atoms with van der Waals surface area (Å²) in [6.45, 7) is 3.26. The Hall–Kier alpha value is -2.12. The number of anilines is 1. The summed E-state index contributed by atoms with van der Waals surface area (Å²) in [5.74, 6) is -0.0503. The minimum absolute atomic E-state index is 0.00257. The Bertz CT molecular complexity index is 520. The average Bonchev–Trinajstić information content (AvgIpc) is 2.58. The first-order valence-corrected chi connectivity index (χ1v) is 9.05. The number of hydrogen-bond acceptors (Lipinski definition) is 4. The van der Waals surface area contributed by atoms with Gasteiger partial charge in [0.05, 0.1) is 6.54 Å². The normalized spacial score (nSPS) is 10.8. The van der Waals surface area contributed by atoms with Crippen molar-refractivity contribution in [2.45, 2.75) is 12.8 Å². The lowest BCUT2D eigenvalue weighted by atomic mass is 10.3. The molecule has 0 aliphatic heterocycles. The number of hydrogen-bond donors (Lipinski definition) is 2. The Kier molecular flexibility index (Phi) is 10.3. The zero-order valence-corrected chi connectivity index (χ0v) is 16.5. The quantitative estimate of drug-likeness (QED) is 0.626. The average molecular weight is 364 g/mol. The maximum absolute atomic E-state index is 12.5. The van der Waals surface area contributed by atoms with Gasteiger partial charge in [-0.2, -0.15) is 0 Å². The molecule has 0 fully saturated rings. The Morgan fingerprint density at radius 2 is 1.38 bits per heavy atom. The van der Waals surface area contributed by atoms with Crippen molar-refractivity contribution < 1.29 is 9.59 Å². The van der Waals surface area contributed by atoms with Crippen LogP contribution in [0.4, 0.5) is 10.5 Å². The molecule has 2 N–H and O–H groups in total. The molecule has 1 rings (SSSR count). The van der Waals surface area contributed by atoms with Crippen molar-refractivity contribution in [3.8, 4) is 0 Å². The van der Waals surface area contributed by atoms with Crippen LogP contribution in [0.1, 0.15) is 12.8 Å². The zero-order chi connectivity index (χ0) is 19.4. The molecule has 0 aliphatic carbocycles. The van der Waals surface area contributed by atoms with Gasteiger partial charge in [-0.05, 0) is 66.3 Å². The lowest BCUT2D eigenvalue weighted by Crippen LogP contribution is -2.43. The number of rotatable bonds is 11. The van der Waals surface area contributed by atoms with Gasteiger partial charge in [-0.15, -0.1) is 0 Å². The minimum atomic E-state index is -0.369. The van der Waals surface area contributed by atoms with Gasteiger partial charge >= 0.3 is 6.03 Å². The van der Waals surface area contributed by atoms with Gasteiger partial charge in [0, 0.05) is 18.8 Å². The predicted octanol–water partition coefficient (Wildman–Crippen LogP) is 1.54. The van der Waals surface area contributed by atoms with E-state index in [9.17, 15) is 9.59 Å². The van der Waals surface area contributed by atoms with Crippen molar-refractivity contribution >= 4 is 17.6 Å². The first-order chi connectivity index (χ1) is 12.4. The van der Waals surface area contributed by atoms with E-state index < -0.39 is 0 Å². The summed E-state index contributed by atoms with van der Waals surface area (Å²) < 4.78 is 0. The molecule has 0 saturated carbocycles. The molecule has 0 bridgehead atoms. The highest BCUT2D eigenvalue weighted by Crippen LogP contribution is 2.04. The van der Waals surface area contributed by atoms with E-state index in [-0.39, 0.29) is 18.5 Å². The van der Waals surface area contributed by atoms with Gasteiger partial charge in [0.25, 0.3) is 0 Å². The van der Waals surface area contributed by atoms with E-state index >= 15 is 0 Å². The van der Waals surface area contributed by atoms with E-state index in [0.29, 0.717) is 18.8 Å². The highest BCUT2D eigenvalue weighted by Gasteiger charge is 2.14. The van der Waals surface area contributed by atoms with Gasteiger partial charge in [0.1, 0.15) is 0 Å². The number of carbonyl (C=O) groups is 2. The molecule has 0 aromatic heterocycles. The lowest BCUT2D eigenvalue weighted by molar-refractivity contribution is -0.130. The van der Waals surface area contributed by atoms with Gasteiger partial charge in [0.15, 0.2) is 0 Å². The Morgan fingerprint density at radius 3 is 1.88 bits per heavy atom. The molecule has 0 saturated heterocycles. The first kappa shape index (κ1) is 21.9. The molecule has 7 nitrogen and oxygen atoms in total. The van der Waals surface area contributed by atoms with Crippen molar-refractivity contribution in [2.75, 3.05) is 66.2 Å². The third kappa shape index (κ3) is 10.0. The number of para-hydroxylation sites is 1. The Balaban J connectivity index is 2.44. The number of benzene rings is 1. The number of urea groups is 1. The molecule has 0 spiro atoms. The molecule has 146 valence electrons. The second-order valence-electron chi connectivity index (χ2n) is 6.87. The summed E-state index contributed by atoms with van der Waals surface area (Å²) in [5, 5.41) is 5.37. The van der Waals surface area contributed by atoms with Crippen molar-refractivity contribution in [3.63, 3.8) is 0 Å². The van der Waals surface area contributed by atoms with E-state index in [0.717, 1.165) is 25.9 Å². The molecule has 7 heteroatoms. The van der Waals surface area contributed by atoms with E-state index in [1.165, 1.54) is 0 Å². The monoisotopic (exact) mass is 363 g/mol. The van der Waals surface area contributed by atoms with Crippen molar-refractivity contribution in [3.05, 3.63) is 30.3 Å². The van der Waals surface area contributed by atoms with Crippen molar-refractivity contribution in [2.24, 2.45) is 0 Å². The Morgan fingerprint density at radius 1 is 0.846 bits per heavy atom. The smallest absolute Gasteiger partial charge is 0.319 e. The number of nitrogens with zero attached hydrogens (tertiary/aromatic N) is 3. The molecular weight excluding hydrogens is 330 g/mol. The van der Waals surface area contributed by atoms with Gasteiger partial charge in [-0.3, -0.25) is 4.79 Å². The topological polar surface area (TPSA) is 67.9 Å². The molecule has 0 unspecified atom stereocenters. The standard InChI is InChI=1S/C19H33N5O2/c1-22(2)12-8-14-24(15-9-13-23(3)4)18(25)16-20-19(26)21-17-10-6-5-7-11-17/h5-7,10-11H,8-9,12-16H2,1-4H3,(H2,20,21,26). The third-order valence-corrected chi connectivity index (χ3v) is 3.85. The van der Waals surface area contributed by atoms with Crippen LogP contribution in [0.2, 0.25) is 0 Å². The van der Waals surface area contributed by atoms with Gasteiger partial charge in [0.2, 0.25) is 5.91 Å². The van der Waals surface area contributed by atoms with Crippen LogP contribution in [0, 0.1) is 0 Å². The Labute approximate surface area is 157 Å². The summed E-state index contributed by atoms with van der Waals surface area (Å²) in [5.41, 5.74) is 0.700.